The van der Waals surface area contributed by atoms with Crippen LogP contribution in [0.15, 0.2) is 24.5 Å². The van der Waals surface area contributed by atoms with Crippen LogP contribution in [0, 0.1) is 5.41 Å². The Bertz CT molecular complexity index is 453. The summed E-state index contributed by atoms with van der Waals surface area (Å²) in [7, 11) is 0. The summed E-state index contributed by atoms with van der Waals surface area (Å²) in [5.41, 5.74) is 7.23. The summed E-state index contributed by atoms with van der Waals surface area (Å²) in [6, 6.07) is 4.04. The van der Waals surface area contributed by atoms with Crippen LogP contribution in [-0.4, -0.2) is 28.4 Å². The Morgan fingerprint density at radius 1 is 1.55 bits per heavy atom. The minimum absolute atomic E-state index is 0.0425. The van der Waals surface area contributed by atoms with Gasteiger partial charge in [-0.25, -0.2) is 0 Å². The third-order valence-corrected chi connectivity index (χ3v) is 4.15. The maximum atomic E-state index is 12.5. The molecule has 2 heterocycles. The van der Waals surface area contributed by atoms with E-state index in [0.717, 1.165) is 24.9 Å². The Balaban J connectivity index is 2.06. The van der Waals surface area contributed by atoms with E-state index in [-0.39, 0.29) is 23.4 Å². The van der Waals surface area contributed by atoms with E-state index in [2.05, 4.69) is 25.8 Å². The monoisotopic (exact) mass is 275 g/mol. The van der Waals surface area contributed by atoms with Crippen molar-refractivity contribution in [2.24, 2.45) is 11.1 Å². The molecule has 0 bridgehead atoms. The molecule has 2 atom stereocenters. The van der Waals surface area contributed by atoms with Crippen LogP contribution in [0.3, 0.4) is 0 Å². The summed E-state index contributed by atoms with van der Waals surface area (Å²) < 4.78 is 0. The van der Waals surface area contributed by atoms with Crippen molar-refractivity contribution >= 4 is 5.91 Å². The van der Waals surface area contributed by atoms with Crippen molar-refractivity contribution in [2.75, 3.05) is 6.54 Å². The first-order valence-corrected chi connectivity index (χ1v) is 7.34. The highest BCUT2D eigenvalue weighted by Gasteiger charge is 2.32. The third kappa shape index (κ3) is 3.37. The molecule has 1 aromatic rings. The lowest BCUT2D eigenvalue weighted by atomic mass is 9.85. The number of pyridine rings is 1. The molecule has 0 spiro atoms. The molecule has 1 fully saturated rings. The molecule has 1 aromatic heterocycles. The van der Waals surface area contributed by atoms with E-state index in [9.17, 15) is 4.79 Å². The van der Waals surface area contributed by atoms with Crippen molar-refractivity contribution in [1.29, 1.82) is 0 Å². The number of likely N-dealkylation sites (tertiary alicyclic amines) is 1. The molecule has 1 aliphatic rings. The number of rotatable bonds is 3. The van der Waals surface area contributed by atoms with Crippen molar-refractivity contribution < 1.29 is 4.79 Å². The number of hydrogen-bond donors (Lipinski definition) is 1. The summed E-state index contributed by atoms with van der Waals surface area (Å²) in [5.74, 6) is 0.166. The Morgan fingerprint density at radius 2 is 2.30 bits per heavy atom. The number of hydrogen-bond acceptors (Lipinski definition) is 3. The van der Waals surface area contributed by atoms with E-state index in [4.69, 9.17) is 5.73 Å². The van der Waals surface area contributed by atoms with Gasteiger partial charge in [0.1, 0.15) is 0 Å². The van der Waals surface area contributed by atoms with Gasteiger partial charge in [0.15, 0.2) is 0 Å². The summed E-state index contributed by atoms with van der Waals surface area (Å²) in [4.78, 5) is 18.6. The molecule has 0 aromatic carbocycles. The lowest BCUT2D eigenvalue weighted by Crippen LogP contribution is -2.41. The number of aromatic nitrogens is 1. The zero-order valence-electron chi connectivity index (χ0n) is 12.7. The zero-order chi connectivity index (χ0) is 14.8. The smallest absolute Gasteiger partial charge is 0.224 e. The summed E-state index contributed by atoms with van der Waals surface area (Å²) in [5, 5.41) is 0. The Labute approximate surface area is 121 Å². The average Bonchev–Trinajstić information content (AvgIpc) is 2.87. The van der Waals surface area contributed by atoms with Crippen LogP contribution in [0.5, 0.6) is 0 Å². The second-order valence-corrected chi connectivity index (χ2v) is 6.71. The quantitative estimate of drug-likeness (QED) is 0.922. The van der Waals surface area contributed by atoms with Crippen LogP contribution in [0.4, 0.5) is 0 Å². The fraction of sp³-hybridized carbons (Fsp3) is 0.625. The first kappa shape index (κ1) is 15.0. The molecule has 0 radical (unpaired) electrons. The summed E-state index contributed by atoms with van der Waals surface area (Å²) in [6.07, 6.45) is 6.11. The molecule has 0 aliphatic carbocycles. The molecule has 0 saturated carbocycles. The first-order chi connectivity index (χ1) is 9.39. The van der Waals surface area contributed by atoms with E-state index in [1.807, 2.05) is 23.2 Å². The first-order valence-electron chi connectivity index (χ1n) is 7.34. The Morgan fingerprint density at radius 3 is 2.90 bits per heavy atom. The maximum absolute atomic E-state index is 12.5. The van der Waals surface area contributed by atoms with Crippen LogP contribution in [-0.2, 0) is 4.79 Å². The topological polar surface area (TPSA) is 59.2 Å². The second-order valence-electron chi connectivity index (χ2n) is 6.71. The molecule has 2 N–H and O–H groups in total. The number of carbonyl (C=O) groups excluding carboxylic acids is 1. The molecule has 1 amide bonds. The van der Waals surface area contributed by atoms with Crippen molar-refractivity contribution in [3.05, 3.63) is 30.1 Å². The standard InChI is InChI=1S/C16H25N3O/c1-16(2,3)14(17)10-15(20)19-9-5-7-13(19)12-6-4-8-18-11-12/h4,6,8,11,13-14H,5,7,9-10,17H2,1-3H3. The Kier molecular flexibility index (Phi) is 4.43. The number of amides is 1. The molecule has 4 nitrogen and oxygen atoms in total. The van der Waals surface area contributed by atoms with Crippen molar-refractivity contribution in [2.45, 2.75) is 52.1 Å². The molecule has 1 aliphatic heterocycles. The minimum atomic E-state index is -0.106. The molecular formula is C16H25N3O. The number of nitrogens with zero attached hydrogens (tertiary/aromatic N) is 2. The van der Waals surface area contributed by atoms with Crippen LogP contribution < -0.4 is 5.73 Å². The normalized spacial score (nSPS) is 21.0. The third-order valence-electron chi connectivity index (χ3n) is 4.15. The zero-order valence-corrected chi connectivity index (χ0v) is 12.7. The van der Waals surface area contributed by atoms with E-state index in [1.54, 1.807) is 6.20 Å². The highest BCUT2D eigenvalue weighted by atomic mass is 16.2. The molecule has 2 rings (SSSR count). The van der Waals surface area contributed by atoms with Gasteiger partial charge < -0.3 is 10.6 Å². The molecule has 110 valence electrons. The predicted molar refractivity (Wildman–Crippen MR) is 80.0 cm³/mol. The van der Waals surface area contributed by atoms with Gasteiger partial charge in [-0.2, -0.15) is 0 Å². The number of nitrogens with two attached hydrogens (primary N) is 1. The van der Waals surface area contributed by atoms with Crippen molar-refractivity contribution in [3.8, 4) is 0 Å². The lowest BCUT2D eigenvalue weighted by Gasteiger charge is -2.30. The van der Waals surface area contributed by atoms with Gasteiger partial charge in [-0.1, -0.05) is 26.8 Å². The van der Waals surface area contributed by atoms with Gasteiger partial charge in [0.25, 0.3) is 0 Å². The van der Waals surface area contributed by atoms with Gasteiger partial charge in [0.2, 0.25) is 5.91 Å². The van der Waals surface area contributed by atoms with Crippen LogP contribution >= 0.6 is 0 Å². The van der Waals surface area contributed by atoms with Gasteiger partial charge in [-0.15, -0.1) is 0 Å². The van der Waals surface area contributed by atoms with Crippen molar-refractivity contribution in [3.63, 3.8) is 0 Å². The van der Waals surface area contributed by atoms with Gasteiger partial charge in [0.05, 0.1) is 6.04 Å². The maximum Gasteiger partial charge on any atom is 0.224 e. The predicted octanol–water partition coefficient (Wildman–Crippen LogP) is 2.51. The van der Waals surface area contributed by atoms with Gasteiger partial charge in [0, 0.05) is 31.4 Å². The minimum Gasteiger partial charge on any atom is -0.336 e. The SMILES string of the molecule is CC(C)(C)C(N)CC(=O)N1CCCC1c1cccnc1. The number of carbonyl (C=O) groups is 1. The fourth-order valence-corrected chi connectivity index (χ4v) is 2.60. The molecule has 2 unspecified atom stereocenters. The van der Waals surface area contributed by atoms with Gasteiger partial charge >= 0.3 is 0 Å². The lowest BCUT2D eigenvalue weighted by molar-refractivity contribution is -0.133. The van der Waals surface area contributed by atoms with Gasteiger partial charge in [-0.05, 0) is 29.9 Å². The van der Waals surface area contributed by atoms with Crippen LogP contribution in [0.2, 0.25) is 0 Å². The molecule has 20 heavy (non-hydrogen) atoms. The highest BCUT2D eigenvalue weighted by molar-refractivity contribution is 5.77. The summed E-state index contributed by atoms with van der Waals surface area (Å²) in [6.45, 7) is 7.06. The van der Waals surface area contributed by atoms with E-state index < -0.39 is 0 Å². The highest BCUT2D eigenvalue weighted by Crippen LogP contribution is 2.32. The second kappa shape index (κ2) is 5.92. The average molecular weight is 275 g/mol. The Hall–Kier alpha value is -1.42. The molecular weight excluding hydrogens is 250 g/mol. The largest absolute Gasteiger partial charge is 0.336 e. The molecule has 1 saturated heterocycles. The van der Waals surface area contributed by atoms with Gasteiger partial charge in [-0.3, -0.25) is 9.78 Å². The van der Waals surface area contributed by atoms with E-state index in [0.29, 0.717) is 6.42 Å². The molecule has 4 heteroatoms. The summed E-state index contributed by atoms with van der Waals surface area (Å²) >= 11 is 0. The van der Waals surface area contributed by atoms with E-state index >= 15 is 0 Å². The fourth-order valence-electron chi connectivity index (χ4n) is 2.60. The van der Waals surface area contributed by atoms with Crippen molar-refractivity contribution in [1.82, 2.24) is 9.88 Å². The van der Waals surface area contributed by atoms with E-state index in [1.165, 1.54) is 0 Å². The van der Waals surface area contributed by atoms with Crippen LogP contribution in [0.1, 0.15) is 51.6 Å². The van der Waals surface area contributed by atoms with Crippen LogP contribution in [0.25, 0.3) is 0 Å².